The van der Waals surface area contributed by atoms with Gasteiger partial charge >= 0.3 is 5.97 Å². The Morgan fingerprint density at radius 1 is 1.54 bits per heavy atom. The number of nitrogens with two attached hydrogens (primary N) is 1. The van der Waals surface area contributed by atoms with Crippen molar-refractivity contribution in [2.75, 3.05) is 5.73 Å². The number of aryl methyl sites for hydroxylation is 1. The first-order chi connectivity index (χ1) is 6.06. The SMILES string of the molecule is Cc1cc(C(=O)O)c(N)cc1C=O. The second kappa shape index (κ2) is 3.26. The first kappa shape index (κ1) is 9.25. The maximum atomic E-state index is 10.6. The molecule has 0 bridgehead atoms. The van der Waals surface area contributed by atoms with Gasteiger partial charge in [0.15, 0.2) is 0 Å². The van der Waals surface area contributed by atoms with Gasteiger partial charge in [0.2, 0.25) is 0 Å². The van der Waals surface area contributed by atoms with Gasteiger partial charge in [0.1, 0.15) is 6.29 Å². The molecular formula is C9H9NO3. The summed E-state index contributed by atoms with van der Waals surface area (Å²) in [5.74, 6) is -1.09. The van der Waals surface area contributed by atoms with E-state index in [-0.39, 0.29) is 11.3 Å². The van der Waals surface area contributed by atoms with E-state index in [1.165, 1.54) is 12.1 Å². The summed E-state index contributed by atoms with van der Waals surface area (Å²) in [6.45, 7) is 1.66. The summed E-state index contributed by atoms with van der Waals surface area (Å²) < 4.78 is 0. The molecule has 0 spiro atoms. The molecule has 4 nitrogen and oxygen atoms in total. The van der Waals surface area contributed by atoms with Crippen LogP contribution < -0.4 is 5.73 Å². The monoisotopic (exact) mass is 179 g/mol. The number of hydrogen-bond donors (Lipinski definition) is 2. The molecule has 0 aliphatic rings. The molecular weight excluding hydrogens is 170 g/mol. The van der Waals surface area contributed by atoms with Gasteiger partial charge in [0, 0.05) is 11.3 Å². The van der Waals surface area contributed by atoms with Crippen LogP contribution in [0.5, 0.6) is 0 Å². The van der Waals surface area contributed by atoms with E-state index in [1.54, 1.807) is 6.92 Å². The number of carbonyl (C=O) groups excluding carboxylic acids is 1. The van der Waals surface area contributed by atoms with Gasteiger partial charge < -0.3 is 10.8 Å². The Morgan fingerprint density at radius 2 is 2.15 bits per heavy atom. The molecule has 0 atom stereocenters. The maximum absolute atomic E-state index is 10.6. The van der Waals surface area contributed by atoms with E-state index < -0.39 is 5.97 Å². The minimum atomic E-state index is -1.09. The zero-order chi connectivity index (χ0) is 10.0. The topological polar surface area (TPSA) is 80.4 Å². The number of hydrogen-bond acceptors (Lipinski definition) is 3. The van der Waals surface area contributed by atoms with E-state index in [0.717, 1.165) is 0 Å². The van der Waals surface area contributed by atoms with E-state index in [2.05, 4.69) is 0 Å². The molecule has 0 amide bonds. The number of carboxylic acids is 1. The Balaban J connectivity index is 3.36. The molecule has 0 fully saturated rings. The van der Waals surface area contributed by atoms with Gasteiger partial charge in [0.25, 0.3) is 0 Å². The molecule has 0 radical (unpaired) electrons. The summed E-state index contributed by atoms with van der Waals surface area (Å²) in [5, 5.41) is 8.69. The van der Waals surface area contributed by atoms with Crippen molar-refractivity contribution in [1.29, 1.82) is 0 Å². The number of benzene rings is 1. The third kappa shape index (κ3) is 1.66. The molecule has 4 heteroatoms. The van der Waals surface area contributed by atoms with Crippen molar-refractivity contribution in [3.05, 3.63) is 28.8 Å². The number of aromatic carboxylic acids is 1. The summed E-state index contributed by atoms with van der Waals surface area (Å²) >= 11 is 0. The molecule has 0 unspecified atom stereocenters. The second-order valence-electron chi connectivity index (χ2n) is 2.72. The maximum Gasteiger partial charge on any atom is 0.337 e. The standard InChI is InChI=1S/C9H9NO3/c1-5-2-7(9(12)13)8(10)3-6(5)4-11/h2-4H,10H2,1H3,(H,12,13). The molecule has 3 N–H and O–H groups in total. The highest BCUT2D eigenvalue weighted by molar-refractivity contribution is 5.95. The zero-order valence-corrected chi connectivity index (χ0v) is 7.07. The molecule has 0 aliphatic carbocycles. The Kier molecular flexibility index (Phi) is 2.32. The zero-order valence-electron chi connectivity index (χ0n) is 7.07. The molecule has 68 valence electrons. The molecule has 13 heavy (non-hydrogen) atoms. The molecule has 0 aromatic heterocycles. The fourth-order valence-electron chi connectivity index (χ4n) is 1.05. The summed E-state index contributed by atoms with van der Waals surface area (Å²) in [7, 11) is 0. The van der Waals surface area contributed by atoms with Gasteiger partial charge in [0.05, 0.1) is 5.56 Å². The highest BCUT2D eigenvalue weighted by atomic mass is 16.4. The van der Waals surface area contributed by atoms with Gasteiger partial charge in [-0.2, -0.15) is 0 Å². The summed E-state index contributed by atoms with van der Waals surface area (Å²) in [6, 6.07) is 2.76. The van der Waals surface area contributed by atoms with Gasteiger partial charge in [-0.15, -0.1) is 0 Å². The van der Waals surface area contributed by atoms with Crippen LogP contribution in [0.4, 0.5) is 5.69 Å². The van der Waals surface area contributed by atoms with Crippen molar-refractivity contribution in [2.24, 2.45) is 0 Å². The Bertz CT molecular complexity index is 371. The number of anilines is 1. The van der Waals surface area contributed by atoms with Crippen LogP contribution in [0.25, 0.3) is 0 Å². The number of carbonyl (C=O) groups is 2. The fraction of sp³-hybridized carbons (Fsp3) is 0.111. The number of aldehydes is 1. The highest BCUT2D eigenvalue weighted by Gasteiger charge is 2.10. The molecule has 1 aromatic carbocycles. The summed E-state index contributed by atoms with van der Waals surface area (Å²) in [6.07, 6.45) is 0.650. The van der Waals surface area contributed by atoms with Crippen LogP contribution in [-0.2, 0) is 0 Å². The van der Waals surface area contributed by atoms with Gasteiger partial charge in [-0.05, 0) is 24.6 Å². The molecule has 0 aliphatic heterocycles. The summed E-state index contributed by atoms with van der Waals surface area (Å²) in [4.78, 5) is 21.1. The van der Waals surface area contributed by atoms with Crippen molar-refractivity contribution in [3.63, 3.8) is 0 Å². The summed E-state index contributed by atoms with van der Waals surface area (Å²) in [5.41, 5.74) is 6.60. The predicted molar refractivity (Wildman–Crippen MR) is 47.9 cm³/mol. The number of carboxylic acid groups (broad SMARTS) is 1. The Labute approximate surface area is 75.0 Å². The van der Waals surface area contributed by atoms with Crippen LogP contribution >= 0.6 is 0 Å². The first-order valence-electron chi connectivity index (χ1n) is 3.65. The van der Waals surface area contributed by atoms with Crippen LogP contribution in [0, 0.1) is 6.92 Å². The lowest BCUT2D eigenvalue weighted by molar-refractivity contribution is 0.0697. The van der Waals surface area contributed by atoms with Crippen molar-refractivity contribution < 1.29 is 14.7 Å². The molecule has 0 saturated carbocycles. The minimum Gasteiger partial charge on any atom is -0.478 e. The van der Waals surface area contributed by atoms with Crippen molar-refractivity contribution >= 4 is 17.9 Å². The average Bonchev–Trinajstić information content (AvgIpc) is 2.07. The van der Waals surface area contributed by atoms with Crippen LogP contribution in [-0.4, -0.2) is 17.4 Å². The Hall–Kier alpha value is -1.84. The average molecular weight is 179 g/mol. The Morgan fingerprint density at radius 3 is 2.62 bits per heavy atom. The lowest BCUT2D eigenvalue weighted by Gasteiger charge is -2.04. The van der Waals surface area contributed by atoms with Gasteiger partial charge in [-0.3, -0.25) is 4.79 Å². The molecule has 0 saturated heterocycles. The third-order valence-electron chi connectivity index (χ3n) is 1.80. The van der Waals surface area contributed by atoms with E-state index in [1.807, 2.05) is 0 Å². The van der Waals surface area contributed by atoms with E-state index in [4.69, 9.17) is 10.8 Å². The number of rotatable bonds is 2. The smallest absolute Gasteiger partial charge is 0.337 e. The normalized spacial score (nSPS) is 9.62. The molecule has 0 heterocycles. The van der Waals surface area contributed by atoms with E-state index in [0.29, 0.717) is 17.4 Å². The lowest BCUT2D eigenvalue weighted by atomic mass is 10.0. The number of nitrogen functional groups attached to an aromatic ring is 1. The third-order valence-corrected chi connectivity index (χ3v) is 1.80. The molecule has 1 rings (SSSR count). The van der Waals surface area contributed by atoms with Crippen molar-refractivity contribution in [3.8, 4) is 0 Å². The molecule has 1 aromatic rings. The lowest BCUT2D eigenvalue weighted by Crippen LogP contribution is -2.04. The van der Waals surface area contributed by atoms with Crippen LogP contribution in [0.1, 0.15) is 26.3 Å². The van der Waals surface area contributed by atoms with Crippen LogP contribution in [0.3, 0.4) is 0 Å². The van der Waals surface area contributed by atoms with E-state index >= 15 is 0 Å². The quantitative estimate of drug-likeness (QED) is 0.526. The van der Waals surface area contributed by atoms with Gasteiger partial charge in [-0.25, -0.2) is 4.79 Å². The minimum absolute atomic E-state index is 0.0306. The van der Waals surface area contributed by atoms with Gasteiger partial charge in [-0.1, -0.05) is 0 Å². The fourth-order valence-corrected chi connectivity index (χ4v) is 1.05. The first-order valence-corrected chi connectivity index (χ1v) is 3.65. The van der Waals surface area contributed by atoms with E-state index in [9.17, 15) is 9.59 Å². The van der Waals surface area contributed by atoms with Crippen molar-refractivity contribution in [2.45, 2.75) is 6.92 Å². The predicted octanol–water partition coefficient (Wildman–Crippen LogP) is 1.09. The van der Waals surface area contributed by atoms with Crippen LogP contribution in [0.15, 0.2) is 12.1 Å². The van der Waals surface area contributed by atoms with Crippen LogP contribution in [0.2, 0.25) is 0 Å². The van der Waals surface area contributed by atoms with Crippen molar-refractivity contribution in [1.82, 2.24) is 0 Å². The highest BCUT2D eigenvalue weighted by Crippen LogP contribution is 2.17. The second-order valence-corrected chi connectivity index (χ2v) is 2.72. The largest absolute Gasteiger partial charge is 0.478 e.